The molecule has 1 fully saturated rings. The normalized spacial score (nSPS) is 27.4. The van der Waals surface area contributed by atoms with Crippen LogP contribution in [0, 0.1) is 0 Å². The van der Waals surface area contributed by atoms with Gasteiger partial charge in [-0.3, -0.25) is 4.90 Å². The maximum absolute atomic E-state index is 5.53. The summed E-state index contributed by atoms with van der Waals surface area (Å²) in [6.07, 6.45) is 6.12. The maximum atomic E-state index is 5.53. The van der Waals surface area contributed by atoms with Crippen LogP contribution >= 0.6 is 0 Å². The molecule has 1 aliphatic heterocycles. The number of benzene rings is 1. The van der Waals surface area contributed by atoms with Gasteiger partial charge < -0.3 is 10.1 Å². The minimum atomic E-state index is 0.441. The highest BCUT2D eigenvalue weighted by Crippen LogP contribution is 2.33. The fraction of sp³-hybridized carbons (Fsp3) is 0.667. The molecular formula is C18H28N2O. The van der Waals surface area contributed by atoms with E-state index in [0.717, 1.165) is 13.2 Å². The molecule has 2 aliphatic rings. The van der Waals surface area contributed by atoms with Crippen LogP contribution in [0.15, 0.2) is 24.3 Å². The van der Waals surface area contributed by atoms with Crippen molar-refractivity contribution in [1.29, 1.82) is 0 Å². The van der Waals surface area contributed by atoms with Crippen LogP contribution in [0.5, 0.6) is 0 Å². The van der Waals surface area contributed by atoms with Gasteiger partial charge in [0.05, 0.1) is 0 Å². The Bertz CT molecular complexity index is 456. The van der Waals surface area contributed by atoms with E-state index in [9.17, 15) is 0 Å². The van der Waals surface area contributed by atoms with Crippen molar-refractivity contribution in [3.8, 4) is 0 Å². The van der Waals surface area contributed by atoms with Crippen molar-refractivity contribution < 1.29 is 4.74 Å². The zero-order valence-corrected chi connectivity index (χ0v) is 13.3. The number of aryl methyl sites for hydroxylation is 1. The summed E-state index contributed by atoms with van der Waals surface area (Å²) < 4.78 is 5.53. The van der Waals surface area contributed by atoms with Crippen LogP contribution in [-0.4, -0.2) is 44.3 Å². The van der Waals surface area contributed by atoms with Crippen molar-refractivity contribution in [1.82, 2.24) is 10.2 Å². The third kappa shape index (κ3) is 3.15. The molecule has 1 aromatic rings. The van der Waals surface area contributed by atoms with Crippen LogP contribution in [0.2, 0.25) is 0 Å². The Morgan fingerprint density at radius 1 is 1.14 bits per heavy atom. The van der Waals surface area contributed by atoms with Crippen LogP contribution in [0.3, 0.4) is 0 Å². The number of likely N-dealkylation sites (N-methyl/N-ethyl adjacent to an activating group) is 2. The predicted octanol–water partition coefficient (Wildman–Crippen LogP) is 2.76. The fourth-order valence-electron chi connectivity index (χ4n) is 4.09. The SMILES string of the molecule is CNC1c2ccccc2CCCC1N(C)C1CCOCC1. The molecule has 0 saturated carbocycles. The summed E-state index contributed by atoms with van der Waals surface area (Å²) in [7, 11) is 4.43. The summed E-state index contributed by atoms with van der Waals surface area (Å²) in [6, 6.07) is 10.7. The fourth-order valence-corrected chi connectivity index (χ4v) is 4.09. The Kier molecular flexibility index (Phi) is 4.94. The Morgan fingerprint density at radius 2 is 1.90 bits per heavy atom. The second-order valence-electron chi connectivity index (χ2n) is 6.43. The first kappa shape index (κ1) is 15.0. The van der Waals surface area contributed by atoms with E-state index >= 15 is 0 Å². The summed E-state index contributed by atoms with van der Waals surface area (Å²) in [5, 5.41) is 3.60. The average Bonchev–Trinajstić information content (AvgIpc) is 2.74. The highest BCUT2D eigenvalue weighted by Gasteiger charge is 2.33. The van der Waals surface area contributed by atoms with Crippen molar-refractivity contribution in [2.45, 2.75) is 50.2 Å². The number of hydrogen-bond donors (Lipinski definition) is 1. The lowest BCUT2D eigenvalue weighted by Crippen LogP contribution is -2.48. The highest BCUT2D eigenvalue weighted by molar-refractivity contribution is 5.32. The molecule has 1 N–H and O–H groups in total. The maximum Gasteiger partial charge on any atom is 0.0480 e. The van der Waals surface area contributed by atoms with Gasteiger partial charge in [-0.05, 0) is 57.3 Å². The van der Waals surface area contributed by atoms with E-state index in [1.54, 1.807) is 0 Å². The van der Waals surface area contributed by atoms with Crippen LogP contribution in [0.25, 0.3) is 0 Å². The monoisotopic (exact) mass is 288 g/mol. The molecule has 0 spiro atoms. The molecule has 0 aromatic heterocycles. The molecule has 1 heterocycles. The molecule has 3 rings (SSSR count). The lowest BCUT2D eigenvalue weighted by atomic mass is 9.93. The van der Waals surface area contributed by atoms with Crippen LogP contribution in [-0.2, 0) is 11.2 Å². The van der Waals surface area contributed by atoms with Gasteiger partial charge in [0.15, 0.2) is 0 Å². The zero-order valence-electron chi connectivity index (χ0n) is 13.3. The first-order chi connectivity index (χ1) is 10.3. The van der Waals surface area contributed by atoms with E-state index in [1.165, 1.54) is 43.2 Å². The molecule has 2 atom stereocenters. The minimum Gasteiger partial charge on any atom is -0.381 e. The Morgan fingerprint density at radius 3 is 2.67 bits per heavy atom. The van der Waals surface area contributed by atoms with E-state index in [2.05, 4.69) is 48.6 Å². The molecule has 2 unspecified atom stereocenters. The van der Waals surface area contributed by atoms with Crippen LogP contribution in [0.4, 0.5) is 0 Å². The van der Waals surface area contributed by atoms with E-state index in [0.29, 0.717) is 18.1 Å². The summed E-state index contributed by atoms with van der Waals surface area (Å²) >= 11 is 0. The third-order valence-corrected chi connectivity index (χ3v) is 5.32. The van der Waals surface area contributed by atoms with Gasteiger partial charge in [0.1, 0.15) is 0 Å². The number of rotatable bonds is 3. The Labute approximate surface area is 128 Å². The van der Waals surface area contributed by atoms with Gasteiger partial charge in [0.2, 0.25) is 0 Å². The number of nitrogens with one attached hydrogen (secondary N) is 1. The molecular weight excluding hydrogens is 260 g/mol. The number of nitrogens with zero attached hydrogens (tertiary/aromatic N) is 1. The lowest BCUT2D eigenvalue weighted by molar-refractivity contribution is 0.0203. The summed E-state index contributed by atoms with van der Waals surface area (Å²) in [6.45, 7) is 1.84. The largest absolute Gasteiger partial charge is 0.381 e. The number of fused-ring (bicyclic) bond motifs is 1. The predicted molar refractivity (Wildman–Crippen MR) is 86.6 cm³/mol. The lowest BCUT2D eigenvalue weighted by Gasteiger charge is -2.40. The van der Waals surface area contributed by atoms with Gasteiger partial charge in [-0.25, -0.2) is 0 Å². The Hall–Kier alpha value is -0.900. The standard InChI is InChI=1S/C18H28N2O/c1-19-18-16-8-4-3-6-14(16)7-5-9-17(18)20(2)15-10-12-21-13-11-15/h3-4,6,8,15,17-19H,5,7,9-13H2,1-2H3. The molecule has 0 radical (unpaired) electrons. The van der Waals surface area contributed by atoms with Gasteiger partial charge in [-0.15, -0.1) is 0 Å². The molecule has 3 heteroatoms. The quantitative estimate of drug-likeness (QED) is 0.866. The highest BCUT2D eigenvalue weighted by atomic mass is 16.5. The number of ether oxygens (including phenoxy) is 1. The second-order valence-corrected chi connectivity index (χ2v) is 6.43. The molecule has 3 nitrogen and oxygen atoms in total. The van der Waals surface area contributed by atoms with E-state index in [1.807, 2.05) is 0 Å². The van der Waals surface area contributed by atoms with Crippen LogP contribution in [0.1, 0.15) is 42.9 Å². The third-order valence-electron chi connectivity index (χ3n) is 5.32. The smallest absolute Gasteiger partial charge is 0.0480 e. The van der Waals surface area contributed by atoms with Crippen molar-refractivity contribution in [2.75, 3.05) is 27.3 Å². The topological polar surface area (TPSA) is 24.5 Å². The van der Waals surface area contributed by atoms with Crippen molar-refractivity contribution in [3.05, 3.63) is 35.4 Å². The zero-order chi connectivity index (χ0) is 14.7. The van der Waals surface area contributed by atoms with Crippen molar-refractivity contribution in [2.24, 2.45) is 0 Å². The van der Waals surface area contributed by atoms with Crippen LogP contribution < -0.4 is 5.32 Å². The van der Waals surface area contributed by atoms with E-state index in [4.69, 9.17) is 4.74 Å². The molecule has 21 heavy (non-hydrogen) atoms. The molecule has 1 saturated heterocycles. The molecule has 116 valence electrons. The molecule has 1 aliphatic carbocycles. The average molecular weight is 288 g/mol. The van der Waals surface area contributed by atoms with Gasteiger partial charge >= 0.3 is 0 Å². The molecule has 0 bridgehead atoms. The first-order valence-electron chi connectivity index (χ1n) is 8.36. The summed E-state index contributed by atoms with van der Waals surface area (Å²) in [4.78, 5) is 2.63. The van der Waals surface area contributed by atoms with Crippen molar-refractivity contribution >= 4 is 0 Å². The van der Waals surface area contributed by atoms with Gasteiger partial charge in [0, 0.05) is 31.3 Å². The van der Waals surface area contributed by atoms with E-state index < -0.39 is 0 Å². The number of hydrogen-bond acceptors (Lipinski definition) is 3. The van der Waals surface area contributed by atoms with E-state index in [-0.39, 0.29) is 0 Å². The molecule has 1 aromatic carbocycles. The first-order valence-corrected chi connectivity index (χ1v) is 8.36. The van der Waals surface area contributed by atoms with Gasteiger partial charge in [0.25, 0.3) is 0 Å². The van der Waals surface area contributed by atoms with Crippen molar-refractivity contribution in [3.63, 3.8) is 0 Å². The summed E-state index contributed by atoms with van der Waals surface area (Å²) in [5.41, 5.74) is 3.03. The van der Waals surface area contributed by atoms with Gasteiger partial charge in [-0.2, -0.15) is 0 Å². The second kappa shape index (κ2) is 6.91. The Balaban J connectivity index is 1.83. The minimum absolute atomic E-state index is 0.441. The van der Waals surface area contributed by atoms with Gasteiger partial charge in [-0.1, -0.05) is 24.3 Å². The molecule has 0 amide bonds. The summed E-state index contributed by atoms with van der Waals surface area (Å²) in [5.74, 6) is 0.